The molecule has 1 saturated heterocycles. The molecule has 1 aliphatic carbocycles. The van der Waals surface area contributed by atoms with E-state index in [2.05, 4.69) is 4.90 Å². The third kappa shape index (κ3) is 4.44. The maximum atomic E-state index is 12.2. The second kappa shape index (κ2) is 7.39. The quantitative estimate of drug-likeness (QED) is 0.696. The average molecular weight is 299 g/mol. The van der Waals surface area contributed by atoms with Crippen LogP contribution in [0.2, 0.25) is 0 Å². The van der Waals surface area contributed by atoms with Gasteiger partial charge in [-0.1, -0.05) is 6.42 Å². The Balaban J connectivity index is 1.80. The topological polar surface area (TPSA) is 64.4 Å². The van der Waals surface area contributed by atoms with E-state index >= 15 is 0 Å². The molecule has 1 saturated carbocycles. The highest BCUT2D eigenvalue weighted by atomic mass is 32.2. The molecule has 114 valence electrons. The zero-order valence-electron chi connectivity index (χ0n) is 12.1. The van der Waals surface area contributed by atoms with Gasteiger partial charge in [0.05, 0.1) is 11.8 Å². The van der Waals surface area contributed by atoms with Crippen LogP contribution >= 0.6 is 0 Å². The summed E-state index contributed by atoms with van der Waals surface area (Å²) in [7, 11) is -3.17. The molecule has 20 heavy (non-hydrogen) atoms. The summed E-state index contributed by atoms with van der Waals surface area (Å²) in [5, 5.41) is 8.50. The summed E-state index contributed by atoms with van der Waals surface area (Å²) in [6, 6.07) is 2.01. The van der Waals surface area contributed by atoms with E-state index < -0.39 is 10.0 Å². The number of unbranched alkanes of at least 4 members (excludes halogenated alkanes) is 1. The average Bonchev–Trinajstić information content (AvgIpc) is 2.60. The number of nitriles is 1. The summed E-state index contributed by atoms with van der Waals surface area (Å²) in [4.78, 5) is 2.43. The Labute approximate surface area is 122 Å². The van der Waals surface area contributed by atoms with E-state index in [0.29, 0.717) is 25.9 Å². The van der Waals surface area contributed by atoms with Gasteiger partial charge >= 0.3 is 0 Å². The van der Waals surface area contributed by atoms with E-state index in [0.717, 1.165) is 32.0 Å². The Bertz CT molecular complexity index is 440. The fourth-order valence-electron chi connectivity index (χ4n) is 2.91. The largest absolute Gasteiger partial charge is 0.302 e. The molecule has 5 nitrogen and oxygen atoms in total. The van der Waals surface area contributed by atoms with Crippen molar-refractivity contribution in [1.82, 2.24) is 9.21 Å². The number of hydrogen-bond donors (Lipinski definition) is 0. The highest BCUT2D eigenvalue weighted by Gasteiger charge is 2.26. The lowest BCUT2D eigenvalue weighted by atomic mass is 9.85. The fourth-order valence-corrected chi connectivity index (χ4v) is 4.45. The van der Waals surface area contributed by atoms with Crippen molar-refractivity contribution in [2.24, 2.45) is 5.92 Å². The van der Waals surface area contributed by atoms with Gasteiger partial charge in [-0.2, -0.15) is 5.26 Å². The summed E-state index contributed by atoms with van der Waals surface area (Å²) in [5.74, 6) is 0.956. The Morgan fingerprint density at radius 2 is 1.90 bits per heavy atom. The minimum atomic E-state index is -3.17. The van der Waals surface area contributed by atoms with Crippen molar-refractivity contribution in [2.75, 3.05) is 38.5 Å². The van der Waals surface area contributed by atoms with Crippen LogP contribution in [-0.2, 0) is 10.0 Å². The van der Waals surface area contributed by atoms with Gasteiger partial charge in [-0.05, 0) is 38.1 Å². The predicted octanol–water partition coefficient (Wildman–Crippen LogP) is 1.43. The van der Waals surface area contributed by atoms with Crippen LogP contribution in [-0.4, -0.2) is 56.1 Å². The summed E-state index contributed by atoms with van der Waals surface area (Å²) in [6.07, 6.45) is 5.73. The Morgan fingerprint density at radius 1 is 1.10 bits per heavy atom. The van der Waals surface area contributed by atoms with Crippen LogP contribution in [0.5, 0.6) is 0 Å². The summed E-state index contributed by atoms with van der Waals surface area (Å²) >= 11 is 0. The van der Waals surface area contributed by atoms with Gasteiger partial charge in [-0.25, -0.2) is 12.7 Å². The van der Waals surface area contributed by atoms with E-state index in [1.54, 1.807) is 4.31 Å². The second-order valence-corrected chi connectivity index (χ2v) is 8.02. The number of sulfonamides is 1. The third-order valence-corrected chi connectivity index (χ3v) is 6.33. The molecule has 2 rings (SSSR count). The Morgan fingerprint density at radius 3 is 2.55 bits per heavy atom. The van der Waals surface area contributed by atoms with Crippen LogP contribution in [0.15, 0.2) is 0 Å². The summed E-state index contributed by atoms with van der Waals surface area (Å²) in [6.45, 7) is 4.26. The molecule has 1 aliphatic heterocycles. The Hall–Kier alpha value is -0.640. The van der Waals surface area contributed by atoms with Gasteiger partial charge in [0.15, 0.2) is 0 Å². The first kappa shape index (κ1) is 15.7. The van der Waals surface area contributed by atoms with Crippen molar-refractivity contribution in [2.45, 2.75) is 38.5 Å². The molecule has 0 aromatic carbocycles. The summed E-state index contributed by atoms with van der Waals surface area (Å²) in [5.41, 5.74) is 0. The highest BCUT2D eigenvalue weighted by Crippen LogP contribution is 2.27. The molecule has 0 spiro atoms. The van der Waals surface area contributed by atoms with Gasteiger partial charge in [0.1, 0.15) is 0 Å². The fraction of sp³-hybridized carbons (Fsp3) is 0.929. The maximum Gasteiger partial charge on any atom is 0.214 e. The first-order valence-corrected chi connectivity index (χ1v) is 9.30. The zero-order valence-corrected chi connectivity index (χ0v) is 12.9. The SMILES string of the molecule is N#CCCCS(=O)(=O)N1CCCN(CC2CCC2)CC1. The standard InChI is InChI=1S/C14H25N3O2S/c15-7-1-2-12-20(18,19)17-9-4-8-16(10-11-17)13-14-5-3-6-14/h14H,1-6,8-13H2. The van der Waals surface area contributed by atoms with Gasteiger partial charge in [-0.15, -0.1) is 0 Å². The normalized spacial score (nSPS) is 22.9. The molecule has 0 radical (unpaired) electrons. The zero-order chi connectivity index (χ0) is 14.4. The van der Waals surface area contributed by atoms with Crippen LogP contribution in [0.1, 0.15) is 38.5 Å². The second-order valence-electron chi connectivity index (χ2n) is 5.93. The van der Waals surface area contributed by atoms with Gasteiger partial charge in [0, 0.05) is 32.6 Å². The monoisotopic (exact) mass is 299 g/mol. The van der Waals surface area contributed by atoms with E-state index in [1.807, 2.05) is 6.07 Å². The Kier molecular flexibility index (Phi) is 5.82. The molecule has 0 unspecified atom stereocenters. The minimum Gasteiger partial charge on any atom is -0.302 e. The molecule has 0 aromatic heterocycles. The molecule has 0 N–H and O–H groups in total. The van der Waals surface area contributed by atoms with Gasteiger partial charge in [0.2, 0.25) is 10.0 Å². The first-order chi connectivity index (χ1) is 9.62. The molecule has 0 bridgehead atoms. The molecule has 0 atom stereocenters. The van der Waals surface area contributed by atoms with E-state index in [1.165, 1.54) is 19.3 Å². The van der Waals surface area contributed by atoms with E-state index in [9.17, 15) is 8.42 Å². The van der Waals surface area contributed by atoms with Crippen molar-refractivity contribution in [3.63, 3.8) is 0 Å². The van der Waals surface area contributed by atoms with Crippen LogP contribution in [0.4, 0.5) is 0 Å². The number of hydrogen-bond acceptors (Lipinski definition) is 4. The van der Waals surface area contributed by atoms with Crippen molar-refractivity contribution in [1.29, 1.82) is 5.26 Å². The molecule has 1 heterocycles. The van der Waals surface area contributed by atoms with Crippen molar-refractivity contribution < 1.29 is 8.42 Å². The number of rotatable bonds is 6. The molecular formula is C14H25N3O2S. The van der Waals surface area contributed by atoms with E-state index in [-0.39, 0.29) is 5.75 Å². The number of nitrogens with zero attached hydrogens (tertiary/aromatic N) is 3. The van der Waals surface area contributed by atoms with Crippen LogP contribution in [0.3, 0.4) is 0 Å². The molecule has 2 fully saturated rings. The molecule has 2 aliphatic rings. The van der Waals surface area contributed by atoms with Crippen LogP contribution < -0.4 is 0 Å². The lowest BCUT2D eigenvalue weighted by Gasteiger charge is -2.31. The third-order valence-electron chi connectivity index (χ3n) is 4.37. The molecular weight excluding hydrogens is 274 g/mol. The first-order valence-electron chi connectivity index (χ1n) is 7.69. The minimum absolute atomic E-state index is 0.114. The molecule has 0 aromatic rings. The molecule has 0 amide bonds. The lowest BCUT2D eigenvalue weighted by Crippen LogP contribution is -2.38. The smallest absolute Gasteiger partial charge is 0.214 e. The van der Waals surface area contributed by atoms with Crippen molar-refractivity contribution in [3.8, 4) is 6.07 Å². The van der Waals surface area contributed by atoms with E-state index in [4.69, 9.17) is 5.26 Å². The van der Waals surface area contributed by atoms with Gasteiger partial charge < -0.3 is 4.90 Å². The maximum absolute atomic E-state index is 12.2. The van der Waals surface area contributed by atoms with Gasteiger partial charge in [-0.3, -0.25) is 0 Å². The predicted molar refractivity (Wildman–Crippen MR) is 78.6 cm³/mol. The van der Waals surface area contributed by atoms with Crippen LogP contribution in [0, 0.1) is 17.2 Å². The van der Waals surface area contributed by atoms with Crippen molar-refractivity contribution >= 4 is 10.0 Å². The highest BCUT2D eigenvalue weighted by molar-refractivity contribution is 7.89. The van der Waals surface area contributed by atoms with Gasteiger partial charge in [0.25, 0.3) is 0 Å². The summed E-state index contributed by atoms with van der Waals surface area (Å²) < 4.78 is 26.0. The van der Waals surface area contributed by atoms with Crippen LogP contribution in [0.25, 0.3) is 0 Å². The molecule has 6 heteroatoms. The lowest BCUT2D eigenvalue weighted by molar-refractivity contribution is 0.184. The van der Waals surface area contributed by atoms with Crippen molar-refractivity contribution in [3.05, 3.63) is 0 Å².